The first-order valence-corrected chi connectivity index (χ1v) is 11.0. The molecular formula is C21H24N2O5S. The smallest absolute Gasteiger partial charge is 0.338 e. The van der Waals surface area contributed by atoms with E-state index in [0.29, 0.717) is 24.3 Å². The maximum atomic E-state index is 12.9. The van der Waals surface area contributed by atoms with E-state index in [4.69, 9.17) is 4.74 Å². The summed E-state index contributed by atoms with van der Waals surface area (Å²) in [5.74, 6) is -1.14. The molecule has 3 rings (SSSR count). The van der Waals surface area contributed by atoms with Gasteiger partial charge in [0, 0.05) is 18.8 Å². The van der Waals surface area contributed by atoms with E-state index in [9.17, 15) is 18.0 Å². The zero-order valence-electron chi connectivity index (χ0n) is 16.0. The summed E-state index contributed by atoms with van der Waals surface area (Å²) < 4.78 is 32.3. The van der Waals surface area contributed by atoms with Crippen LogP contribution in [0.4, 0.5) is 5.69 Å². The van der Waals surface area contributed by atoms with Crippen molar-refractivity contribution in [3.8, 4) is 0 Å². The van der Waals surface area contributed by atoms with Crippen LogP contribution in [0.1, 0.15) is 36.0 Å². The zero-order chi connectivity index (χ0) is 20.7. The summed E-state index contributed by atoms with van der Waals surface area (Å²) in [5.41, 5.74) is 0.687. The van der Waals surface area contributed by atoms with Crippen LogP contribution in [-0.4, -0.2) is 44.3 Å². The van der Waals surface area contributed by atoms with Crippen molar-refractivity contribution in [2.75, 3.05) is 25.0 Å². The fourth-order valence-electron chi connectivity index (χ4n) is 3.15. The third kappa shape index (κ3) is 5.65. The SMILES string of the molecule is O=C(COC(=O)c1ccccc1)Nc1cccc(S(=O)(=O)N2CCCCCC2)c1. The first-order chi connectivity index (χ1) is 14.0. The van der Waals surface area contributed by atoms with Gasteiger partial charge in [-0.15, -0.1) is 0 Å². The second kappa shape index (κ2) is 9.67. The van der Waals surface area contributed by atoms with Crippen molar-refractivity contribution in [1.82, 2.24) is 4.31 Å². The molecule has 0 atom stereocenters. The summed E-state index contributed by atoms with van der Waals surface area (Å²) in [4.78, 5) is 24.1. The van der Waals surface area contributed by atoms with Gasteiger partial charge in [0.15, 0.2) is 6.61 Å². The predicted octanol–water partition coefficient (Wildman–Crippen LogP) is 3.05. The van der Waals surface area contributed by atoms with Crippen molar-refractivity contribution in [3.63, 3.8) is 0 Å². The number of carbonyl (C=O) groups excluding carboxylic acids is 2. The van der Waals surface area contributed by atoms with Gasteiger partial charge in [0.25, 0.3) is 5.91 Å². The number of rotatable bonds is 6. The second-order valence-corrected chi connectivity index (χ2v) is 8.77. The van der Waals surface area contributed by atoms with E-state index in [0.717, 1.165) is 25.7 Å². The minimum absolute atomic E-state index is 0.137. The number of hydrogen-bond donors (Lipinski definition) is 1. The Labute approximate surface area is 170 Å². The average molecular weight is 416 g/mol. The van der Waals surface area contributed by atoms with Gasteiger partial charge in [-0.05, 0) is 43.2 Å². The van der Waals surface area contributed by atoms with E-state index < -0.39 is 28.5 Å². The highest BCUT2D eigenvalue weighted by Gasteiger charge is 2.25. The third-order valence-electron chi connectivity index (χ3n) is 4.66. The first-order valence-electron chi connectivity index (χ1n) is 9.59. The molecule has 0 spiro atoms. The van der Waals surface area contributed by atoms with Gasteiger partial charge in [0.05, 0.1) is 10.5 Å². The highest BCUT2D eigenvalue weighted by molar-refractivity contribution is 7.89. The number of esters is 1. The summed E-state index contributed by atoms with van der Waals surface area (Å²) in [6.07, 6.45) is 3.76. The standard InChI is InChI=1S/C21H24N2O5S/c24-20(16-28-21(25)17-9-4-3-5-10-17)22-18-11-8-12-19(15-18)29(26,27)23-13-6-1-2-7-14-23/h3-5,8-12,15H,1-2,6-7,13-14,16H2,(H,22,24). The van der Waals surface area contributed by atoms with Crippen LogP contribution in [0, 0.1) is 0 Å². The minimum atomic E-state index is -3.61. The summed E-state index contributed by atoms with van der Waals surface area (Å²) in [6, 6.07) is 14.5. The molecule has 1 aliphatic rings. The lowest BCUT2D eigenvalue weighted by Gasteiger charge is -2.20. The zero-order valence-corrected chi connectivity index (χ0v) is 16.9. The number of hydrogen-bond acceptors (Lipinski definition) is 5. The topological polar surface area (TPSA) is 92.8 Å². The largest absolute Gasteiger partial charge is 0.452 e. The Hall–Kier alpha value is -2.71. The molecule has 2 aromatic rings. The van der Waals surface area contributed by atoms with Crippen LogP contribution in [0.2, 0.25) is 0 Å². The van der Waals surface area contributed by atoms with Crippen molar-refractivity contribution in [3.05, 3.63) is 60.2 Å². The van der Waals surface area contributed by atoms with Crippen LogP contribution in [0.25, 0.3) is 0 Å². The highest BCUT2D eigenvalue weighted by Crippen LogP contribution is 2.22. The molecule has 0 radical (unpaired) electrons. The van der Waals surface area contributed by atoms with Crippen LogP contribution in [-0.2, 0) is 19.6 Å². The van der Waals surface area contributed by atoms with Crippen LogP contribution < -0.4 is 5.32 Å². The molecule has 1 fully saturated rings. The highest BCUT2D eigenvalue weighted by atomic mass is 32.2. The van der Waals surface area contributed by atoms with Gasteiger partial charge in [0.2, 0.25) is 10.0 Å². The maximum absolute atomic E-state index is 12.9. The van der Waals surface area contributed by atoms with Crippen LogP contribution in [0.5, 0.6) is 0 Å². The van der Waals surface area contributed by atoms with E-state index in [1.807, 2.05) is 0 Å². The Bertz CT molecular complexity index is 952. The molecule has 0 saturated carbocycles. The molecular weight excluding hydrogens is 392 g/mol. The second-order valence-electron chi connectivity index (χ2n) is 6.84. The number of nitrogens with one attached hydrogen (secondary N) is 1. The van der Waals surface area contributed by atoms with Gasteiger partial charge in [-0.25, -0.2) is 13.2 Å². The van der Waals surface area contributed by atoms with Gasteiger partial charge in [-0.2, -0.15) is 4.31 Å². The number of amides is 1. The van der Waals surface area contributed by atoms with E-state index in [2.05, 4.69) is 5.32 Å². The Morgan fingerprint density at radius 2 is 1.62 bits per heavy atom. The summed E-state index contributed by atoms with van der Waals surface area (Å²) in [6.45, 7) is 0.555. The number of carbonyl (C=O) groups is 2. The quantitative estimate of drug-likeness (QED) is 0.731. The molecule has 8 heteroatoms. The van der Waals surface area contributed by atoms with Crippen molar-refractivity contribution in [2.24, 2.45) is 0 Å². The lowest BCUT2D eigenvalue weighted by Crippen LogP contribution is -2.32. The lowest BCUT2D eigenvalue weighted by atomic mass is 10.2. The van der Waals surface area contributed by atoms with E-state index in [1.54, 1.807) is 42.5 Å². The molecule has 0 aromatic heterocycles. The molecule has 0 bridgehead atoms. The molecule has 2 aromatic carbocycles. The number of benzene rings is 2. The average Bonchev–Trinajstić information content (AvgIpc) is 3.03. The Balaban J connectivity index is 1.61. The number of nitrogens with zero attached hydrogens (tertiary/aromatic N) is 1. The molecule has 154 valence electrons. The molecule has 1 N–H and O–H groups in total. The van der Waals surface area contributed by atoms with E-state index >= 15 is 0 Å². The number of sulfonamides is 1. The van der Waals surface area contributed by atoms with Gasteiger partial charge in [0.1, 0.15) is 0 Å². The normalized spacial score (nSPS) is 15.3. The van der Waals surface area contributed by atoms with Crippen LogP contribution in [0.3, 0.4) is 0 Å². The van der Waals surface area contributed by atoms with Crippen molar-refractivity contribution in [2.45, 2.75) is 30.6 Å². The number of anilines is 1. The fourth-order valence-corrected chi connectivity index (χ4v) is 4.71. The Morgan fingerprint density at radius 1 is 0.931 bits per heavy atom. The summed E-state index contributed by atoms with van der Waals surface area (Å²) in [5, 5.41) is 2.58. The molecule has 0 aliphatic carbocycles. The van der Waals surface area contributed by atoms with Crippen LogP contribution in [0.15, 0.2) is 59.5 Å². The van der Waals surface area contributed by atoms with Crippen molar-refractivity contribution < 1.29 is 22.7 Å². The van der Waals surface area contributed by atoms with Gasteiger partial charge < -0.3 is 10.1 Å². The lowest BCUT2D eigenvalue weighted by molar-refractivity contribution is -0.119. The molecule has 1 heterocycles. The Morgan fingerprint density at radius 3 is 2.31 bits per heavy atom. The maximum Gasteiger partial charge on any atom is 0.338 e. The van der Waals surface area contributed by atoms with E-state index in [1.165, 1.54) is 16.4 Å². The van der Waals surface area contributed by atoms with Crippen molar-refractivity contribution >= 4 is 27.6 Å². The molecule has 0 unspecified atom stereocenters. The van der Waals surface area contributed by atoms with Gasteiger partial charge in [-0.3, -0.25) is 4.79 Å². The summed E-state index contributed by atoms with van der Waals surface area (Å²) >= 11 is 0. The third-order valence-corrected chi connectivity index (χ3v) is 6.56. The minimum Gasteiger partial charge on any atom is -0.452 e. The fraction of sp³-hybridized carbons (Fsp3) is 0.333. The van der Waals surface area contributed by atoms with Crippen LogP contribution >= 0.6 is 0 Å². The molecule has 1 amide bonds. The van der Waals surface area contributed by atoms with E-state index in [-0.39, 0.29) is 4.90 Å². The first kappa shape index (κ1) is 21.0. The monoisotopic (exact) mass is 416 g/mol. The van der Waals surface area contributed by atoms with Crippen molar-refractivity contribution in [1.29, 1.82) is 0 Å². The summed E-state index contributed by atoms with van der Waals surface area (Å²) in [7, 11) is -3.61. The molecule has 1 aliphatic heterocycles. The predicted molar refractivity (Wildman–Crippen MR) is 109 cm³/mol. The molecule has 7 nitrogen and oxygen atoms in total. The number of ether oxygens (including phenoxy) is 1. The van der Waals surface area contributed by atoms with Gasteiger partial charge >= 0.3 is 5.97 Å². The molecule has 1 saturated heterocycles. The Kier molecular flexibility index (Phi) is 7.00. The van der Waals surface area contributed by atoms with Gasteiger partial charge in [-0.1, -0.05) is 37.1 Å². The molecule has 29 heavy (non-hydrogen) atoms.